The number of fused-ring (bicyclic) bond motifs is 10. The van der Waals surface area contributed by atoms with E-state index in [0.29, 0.717) is 12.1 Å². The van der Waals surface area contributed by atoms with Crippen LogP contribution >= 0.6 is 0 Å². The number of hydrogen-bond acceptors (Lipinski definition) is 3. The second kappa shape index (κ2) is 13.4. The Bertz CT molecular complexity index is 3110. The van der Waals surface area contributed by atoms with E-state index in [9.17, 15) is 0 Å². The first-order chi connectivity index (χ1) is 30.3. The first-order valence-corrected chi connectivity index (χ1v) is 21.5. The van der Waals surface area contributed by atoms with Crippen LogP contribution < -0.4 is 10.3 Å². The molecule has 2 saturated heterocycles. The molecule has 1 aliphatic carbocycles. The van der Waals surface area contributed by atoms with E-state index in [2.05, 4.69) is 240 Å². The molecule has 288 valence electrons. The van der Waals surface area contributed by atoms with Crippen LogP contribution in [0.1, 0.15) is 45.5 Å². The van der Waals surface area contributed by atoms with Gasteiger partial charge in [-0.2, -0.15) is 0 Å². The predicted molar refractivity (Wildman–Crippen MR) is 249 cm³/mol. The van der Waals surface area contributed by atoms with Gasteiger partial charge < -0.3 is 4.90 Å². The minimum Gasteiger partial charge on any atom is -0.310 e. The Balaban J connectivity index is 0.888. The fourth-order valence-corrected chi connectivity index (χ4v) is 11.1. The molecule has 13 rings (SSSR count). The maximum absolute atomic E-state index is 3.81. The molecule has 0 bridgehead atoms. The minimum atomic E-state index is -0.491. The zero-order chi connectivity index (χ0) is 40.1. The fourth-order valence-electron chi connectivity index (χ4n) is 11.1. The van der Waals surface area contributed by atoms with Gasteiger partial charge in [0, 0.05) is 5.69 Å². The summed E-state index contributed by atoms with van der Waals surface area (Å²) in [5.41, 5.74) is 25.0. The molecule has 3 aliphatic heterocycles. The zero-order valence-corrected chi connectivity index (χ0v) is 33.5. The molecule has 61 heavy (non-hydrogen) atoms. The maximum Gasteiger partial charge on any atom is 0.0754 e. The van der Waals surface area contributed by atoms with E-state index in [-0.39, 0.29) is 6.04 Å². The van der Waals surface area contributed by atoms with E-state index in [1.165, 1.54) is 89.3 Å². The van der Waals surface area contributed by atoms with Gasteiger partial charge in [-0.15, -0.1) is 0 Å². The van der Waals surface area contributed by atoms with Crippen molar-refractivity contribution in [1.29, 1.82) is 0 Å². The lowest BCUT2D eigenvalue weighted by molar-refractivity contribution is 0.187. The van der Waals surface area contributed by atoms with Gasteiger partial charge in [0.1, 0.15) is 0 Å². The molecule has 4 aliphatic rings. The third kappa shape index (κ3) is 5.06. The van der Waals surface area contributed by atoms with Gasteiger partial charge in [-0.25, -0.2) is 10.4 Å². The van der Waals surface area contributed by atoms with Crippen molar-refractivity contribution < 1.29 is 0 Å². The van der Waals surface area contributed by atoms with Gasteiger partial charge in [0.15, 0.2) is 0 Å². The lowest BCUT2D eigenvalue weighted by Crippen LogP contribution is -2.43. The summed E-state index contributed by atoms with van der Waals surface area (Å²) in [7, 11) is 0. The predicted octanol–water partition coefficient (Wildman–Crippen LogP) is 13.8. The average Bonchev–Trinajstić information content (AvgIpc) is 3.82. The highest BCUT2D eigenvalue weighted by atomic mass is 15.7. The lowest BCUT2D eigenvalue weighted by atomic mass is 9.64. The highest BCUT2D eigenvalue weighted by Gasteiger charge is 2.62. The van der Waals surface area contributed by atoms with Crippen LogP contribution in [0.15, 0.2) is 224 Å². The standard InChI is InChI=1S/C58H41N3/c1-3-16-38(17-4-1)39-30-32-40(33-31-39)56-57-55(59-61(56)57)48-24-8-7-22-45(48)43-19-15-18-41(36-43)42-34-35-47-46-23-9-10-25-49(46)58(52(47)37-42)50-26-11-13-28-53(50)60(44-20-5-2-6-21-44)54-29-14-12-27-51(54)58/h1-37,55-57,59H. The van der Waals surface area contributed by atoms with Crippen molar-refractivity contribution in [2.45, 2.75) is 23.5 Å². The number of nitrogens with one attached hydrogen (secondary N) is 1. The molecule has 0 aromatic heterocycles. The van der Waals surface area contributed by atoms with Gasteiger partial charge in [0.2, 0.25) is 0 Å². The van der Waals surface area contributed by atoms with E-state index >= 15 is 0 Å². The van der Waals surface area contributed by atoms with Crippen molar-refractivity contribution in [2.24, 2.45) is 0 Å². The molecule has 1 spiro atoms. The number of anilines is 3. The highest BCUT2D eigenvalue weighted by Crippen LogP contribution is 2.64. The zero-order valence-electron chi connectivity index (χ0n) is 33.5. The molecular formula is C58H41N3. The normalized spacial score (nSPS) is 19.5. The number of hydrogen-bond donors (Lipinski definition) is 1. The quantitative estimate of drug-likeness (QED) is 0.170. The van der Waals surface area contributed by atoms with Gasteiger partial charge in [-0.1, -0.05) is 188 Å². The van der Waals surface area contributed by atoms with Crippen LogP contribution in [-0.2, 0) is 5.41 Å². The van der Waals surface area contributed by atoms with Crippen molar-refractivity contribution in [3.63, 3.8) is 0 Å². The van der Waals surface area contributed by atoms with Crippen LogP contribution in [0.4, 0.5) is 17.1 Å². The van der Waals surface area contributed by atoms with Crippen LogP contribution in [0.5, 0.6) is 0 Å². The van der Waals surface area contributed by atoms with E-state index in [4.69, 9.17) is 0 Å². The fraction of sp³-hybridized carbons (Fsp3) is 0.0690. The first kappa shape index (κ1) is 34.6. The van der Waals surface area contributed by atoms with Crippen molar-refractivity contribution in [1.82, 2.24) is 10.4 Å². The Morgan fingerprint density at radius 2 is 0.918 bits per heavy atom. The first-order valence-electron chi connectivity index (χ1n) is 21.5. The average molecular weight is 780 g/mol. The second-order valence-corrected chi connectivity index (χ2v) is 16.9. The van der Waals surface area contributed by atoms with E-state index in [0.717, 1.165) is 5.69 Å². The molecule has 0 amide bonds. The molecule has 9 aromatic rings. The van der Waals surface area contributed by atoms with Crippen LogP contribution in [0, 0.1) is 0 Å². The largest absolute Gasteiger partial charge is 0.310 e. The summed E-state index contributed by atoms with van der Waals surface area (Å²) in [4.78, 5) is 2.45. The van der Waals surface area contributed by atoms with Gasteiger partial charge in [-0.05, 0) is 114 Å². The van der Waals surface area contributed by atoms with Crippen LogP contribution in [0.2, 0.25) is 0 Å². The molecule has 3 heteroatoms. The molecule has 3 heterocycles. The molecule has 3 nitrogen and oxygen atoms in total. The summed E-state index contributed by atoms with van der Waals surface area (Å²) >= 11 is 0. The van der Waals surface area contributed by atoms with E-state index in [1.807, 2.05) is 0 Å². The van der Waals surface area contributed by atoms with Crippen molar-refractivity contribution >= 4 is 17.1 Å². The molecule has 0 saturated carbocycles. The van der Waals surface area contributed by atoms with E-state index < -0.39 is 5.41 Å². The Morgan fingerprint density at radius 3 is 1.67 bits per heavy atom. The number of rotatable bonds is 6. The number of hydrazine groups is 1. The minimum absolute atomic E-state index is 0.263. The van der Waals surface area contributed by atoms with Gasteiger partial charge >= 0.3 is 0 Å². The Morgan fingerprint density at radius 1 is 0.377 bits per heavy atom. The summed E-state index contributed by atoms with van der Waals surface area (Å²) in [5.74, 6) is 0. The van der Waals surface area contributed by atoms with Crippen LogP contribution in [-0.4, -0.2) is 11.1 Å². The SMILES string of the molecule is c1ccc(-c2ccc(C3C4C(c5ccccc5-c5cccc(-c6ccc7c(c6)C6(c8ccccc8-7)c7ccccc7N(c7ccccc7)c7ccccc76)c5)NN34)cc2)cc1. The van der Waals surface area contributed by atoms with Gasteiger partial charge in [-0.3, -0.25) is 0 Å². The molecule has 9 aromatic carbocycles. The summed E-state index contributed by atoms with van der Waals surface area (Å²) in [5, 5.41) is 2.41. The molecule has 1 N–H and O–H groups in total. The summed E-state index contributed by atoms with van der Waals surface area (Å²) in [6.45, 7) is 0. The van der Waals surface area contributed by atoms with Crippen LogP contribution in [0.3, 0.4) is 0 Å². The highest BCUT2D eigenvalue weighted by molar-refractivity contribution is 5.96. The topological polar surface area (TPSA) is 18.3 Å². The Labute approximate surface area is 356 Å². The third-order valence-electron chi connectivity index (χ3n) is 13.8. The van der Waals surface area contributed by atoms with Crippen LogP contribution in [0.25, 0.3) is 44.5 Å². The molecule has 4 atom stereocenters. The Hall–Kier alpha value is -7.30. The summed E-state index contributed by atoms with van der Waals surface area (Å²) in [6, 6.07) is 84.2. The molecule has 4 unspecified atom stereocenters. The van der Waals surface area contributed by atoms with Gasteiger partial charge in [0.25, 0.3) is 0 Å². The van der Waals surface area contributed by atoms with E-state index in [1.54, 1.807) is 0 Å². The van der Waals surface area contributed by atoms with Crippen molar-refractivity contribution in [2.75, 3.05) is 4.90 Å². The number of nitrogens with zero attached hydrogens (tertiary/aromatic N) is 2. The smallest absolute Gasteiger partial charge is 0.0754 e. The summed E-state index contributed by atoms with van der Waals surface area (Å²) < 4.78 is 0. The summed E-state index contributed by atoms with van der Waals surface area (Å²) in [6.07, 6.45) is 0. The Kier molecular flexibility index (Phi) is 7.56. The maximum atomic E-state index is 3.81. The van der Waals surface area contributed by atoms with Gasteiger partial charge in [0.05, 0.1) is 34.9 Å². The van der Waals surface area contributed by atoms with Crippen molar-refractivity contribution in [3.8, 4) is 44.5 Å². The van der Waals surface area contributed by atoms with Crippen molar-refractivity contribution in [3.05, 3.63) is 258 Å². The molecule has 2 fully saturated rings. The monoisotopic (exact) mass is 779 g/mol. The molecular weight excluding hydrogens is 739 g/mol. The lowest BCUT2D eigenvalue weighted by Gasteiger charge is -2.45. The second-order valence-electron chi connectivity index (χ2n) is 16.9. The number of para-hydroxylation sites is 3. The molecule has 0 radical (unpaired) electrons. The third-order valence-corrected chi connectivity index (χ3v) is 13.8. The number of benzene rings is 9.